The first kappa shape index (κ1) is 9.57. The van der Waals surface area contributed by atoms with E-state index in [9.17, 15) is 0 Å². The van der Waals surface area contributed by atoms with Crippen molar-refractivity contribution >= 4 is 11.3 Å². The van der Waals surface area contributed by atoms with Gasteiger partial charge in [0.2, 0.25) is 0 Å². The lowest BCUT2D eigenvalue weighted by Gasteiger charge is -2.36. The molecule has 0 radical (unpaired) electrons. The fourth-order valence-corrected chi connectivity index (χ4v) is 3.70. The fourth-order valence-electron chi connectivity index (χ4n) is 2.75. The van der Waals surface area contributed by atoms with Crippen LogP contribution in [0.5, 0.6) is 0 Å². The van der Waals surface area contributed by atoms with Crippen molar-refractivity contribution in [1.82, 2.24) is 9.88 Å². The summed E-state index contributed by atoms with van der Waals surface area (Å²) in [4.78, 5) is 8.49. The maximum absolute atomic E-state index is 6.08. The van der Waals surface area contributed by atoms with Crippen molar-refractivity contribution in [1.29, 1.82) is 0 Å². The molecule has 0 N–H and O–H groups in total. The average Bonchev–Trinajstić information content (AvgIpc) is 2.82. The summed E-state index contributed by atoms with van der Waals surface area (Å²) in [6.45, 7) is 4.48. The third-order valence-electron chi connectivity index (χ3n) is 4.18. The lowest BCUT2D eigenvalue weighted by Crippen LogP contribution is -2.42. The van der Waals surface area contributed by atoms with E-state index in [1.165, 1.54) is 42.9 Å². The number of hydrogen-bond donors (Lipinski definition) is 0. The van der Waals surface area contributed by atoms with Gasteiger partial charge >= 0.3 is 0 Å². The van der Waals surface area contributed by atoms with Gasteiger partial charge in [0.05, 0.1) is 22.7 Å². The largest absolute Gasteiger partial charge is 0.370 e. The van der Waals surface area contributed by atoms with Gasteiger partial charge in [-0.25, -0.2) is 4.98 Å². The van der Waals surface area contributed by atoms with Crippen molar-refractivity contribution in [3.8, 4) is 0 Å². The summed E-state index contributed by atoms with van der Waals surface area (Å²) in [5, 5.41) is 0. The zero-order chi connectivity index (χ0) is 10.6. The quantitative estimate of drug-likeness (QED) is 0.785. The van der Waals surface area contributed by atoms with E-state index in [2.05, 4.69) is 9.88 Å². The van der Waals surface area contributed by atoms with Crippen LogP contribution in [0.1, 0.15) is 35.9 Å². The van der Waals surface area contributed by atoms with E-state index < -0.39 is 0 Å². The molecule has 3 nitrogen and oxygen atoms in total. The standard InChI is InChI=1S/C12H16N2OS/c1-4-14(5-1)6-9-10-11(13-8-16-10)12(2-3-12)7-15-9/h8-9H,1-7H2/t9-/m1/s1. The summed E-state index contributed by atoms with van der Waals surface area (Å²) in [5.41, 5.74) is 3.71. The summed E-state index contributed by atoms with van der Waals surface area (Å²) in [5.74, 6) is 0. The first-order valence-corrected chi connectivity index (χ1v) is 7.03. The van der Waals surface area contributed by atoms with E-state index >= 15 is 0 Å². The maximum atomic E-state index is 6.08. The van der Waals surface area contributed by atoms with Crippen molar-refractivity contribution in [3.63, 3.8) is 0 Å². The van der Waals surface area contributed by atoms with E-state index in [1.807, 2.05) is 5.51 Å². The van der Waals surface area contributed by atoms with Gasteiger partial charge in [0.1, 0.15) is 6.10 Å². The highest BCUT2D eigenvalue weighted by atomic mass is 32.1. The topological polar surface area (TPSA) is 25.4 Å². The van der Waals surface area contributed by atoms with Crippen LogP contribution in [0.4, 0.5) is 0 Å². The predicted octanol–water partition coefficient (Wildman–Crippen LogP) is 1.95. The molecular weight excluding hydrogens is 220 g/mol. The van der Waals surface area contributed by atoms with Crippen LogP contribution >= 0.6 is 11.3 Å². The van der Waals surface area contributed by atoms with Crippen molar-refractivity contribution < 1.29 is 4.74 Å². The van der Waals surface area contributed by atoms with Gasteiger partial charge in [-0.3, -0.25) is 0 Å². The van der Waals surface area contributed by atoms with Crippen molar-refractivity contribution in [3.05, 3.63) is 16.1 Å². The number of likely N-dealkylation sites (tertiary alicyclic amines) is 1. The number of rotatable bonds is 2. The summed E-state index contributed by atoms with van der Waals surface area (Å²) in [7, 11) is 0. The second-order valence-electron chi connectivity index (χ2n) is 5.30. The molecule has 0 bridgehead atoms. The van der Waals surface area contributed by atoms with Gasteiger partial charge in [0.15, 0.2) is 0 Å². The van der Waals surface area contributed by atoms with Crippen LogP contribution in [0.25, 0.3) is 0 Å². The van der Waals surface area contributed by atoms with E-state index in [-0.39, 0.29) is 0 Å². The Balaban J connectivity index is 1.61. The van der Waals surface area contributed by atoms with Gasteiger partial charge in [-0.05, 0) is 32.4 Å². The molecule has 1 aliphatic carbocycles. The van der Waals surface area contributed by atoms with Gasteiger partial charge in [-0.2, -0.15) is 0 Å². The average molecular weight is 236 g/mol. The first-order chi connectivity index (χ1) is 7.87. The van der Waals surface area contributed by atoms with Crippen LogP contribution < -0.4 is 0 Å². The molecular formula is C12H16N2OS. The third-order valence-corrected chi connectivity index (χ3v) is 5.10. The summed E-state index contributed by atoms with van der Waals surface area (Å²) >= 11 is 1.79. The Morgan fingerprint density at radius 1 is 1.50 bits per heavy atom. The normalized spacial score (nSPS) is 31.1. The van der Waals surface area contributed by atoms with Crippen LogP contribution in [0.15, 0.2) is 5.51 Å². The summed E-state index contributed by atoms with van der Waals surface area (Å²) < 4.78 is 6.08. The summed E-state index contributed by atoms with van der Waals surface area (Å²) in [6.07, 6.45) is 4.21. The molecule has 1 aromatic heterocycles. The molecule has 1 aromatic rings. The molecule has 86 valence electrons. The number of aromatic nitrogens is 1. The monoisotopic (exact) mass is 236 g/mol. The molecule has 1 atom stereocenters. The van der Waals surface area contributed by atoms with Crippen molar-refractivity contribution in [2.24, 2.45) is 0 Å². The van der Waals surface area contributed by atoms with Crippen molar-refractivity contribution in [2.45, 2.75) is 30.8 Å². The minimum atomic E-state index is 0.300. The van der Waals surface area contributed by atoms with E-state index in [4.69, 9.17) is 4.74 Å². The van der Waals surface area contributed by atoms with Crippen LogP contribution in [0, 0.1) is 0 Å². The van der Waals surface area contributed by atoms with Gasteiger partial charge in [-0.1, -0.05) is 0 Å². The van der Waals surface area contributed by atoms with Gasteiger partial charge in [-0.15, -0.1) is 11.3 Å². The highest BCUT2D eigenvalue weighted by molar-refractivity contribution is 7.09. The minimum Gasteiger partial charge on any atom is -0.370 e. The van der Waals surface area contributed by atoms with Crippen LogP contribution in [-0.2, 0) is 10.2 Å². The van der Waals surface area contributed by atoms with E-state index in [0.717, 1.165) is 13.2 Å². The third kappa shape index (κ3) is 1.30. The number of hydrogen-bond acceptors (Lipinski definition) is 4. The lowest BCUT2D eigenvalue weighted by atomic mass is 9.97. The Morgan fingerprint density at radius 2 is 2.38 bits per heavy atom. The van der Waals surface area contributed by atoms with Gasteiger partial charge in [0.25, 0.3) is 0 Å². The molecule has 0 unspecified atom stereocenters. The predicted molar refractivity (Wildman–Crippen MR) is 62.8 cm³/mol. The smallest absolute Gasteiger partial charge is 0.106 e. The minimum absolute atomic E-state index is 0.300. The van der Waals surface area contributed by atoms with Crippen LogP contribution in [-0.4, -0.2) is 36.1 Å². The highest BCUT2D eigenvalue weighted by Crippen LogP contribution is 2.54. The van der Waals surface area contributed by atoms with Crippen LogP contribution in [0.2, 0.25) is 0 Å². The molecule has 1 spiro atoms. The Morgan fingerprint density at radius 3 is 3.06 bits per heavy atom. The molecule has 3 heterocycles. The lowest BCUT2D eigenvalue weighted by molar-refractivity contribution is -0.0108. The second kappa shape index (κ2) is 3.28. The molecule has 4 rings (SSSR count). The molecule has 1 saturated carbocycles. The number of thiazole rings is 1. The Bertz CT molecular complexity index is 409. The molecule has 4 heteroatoms. The maximum Gasteiger partial charge on any atom is 0.106 e. The first-order valence-electron chi connectivity index (χ1n) is 6.15. The highest BCUT2D eigenvalue weighted by Gasteiger charge is 2.51. The van der Waals surface area contributed by atoms with Gasteiger partial charge in [0, 0.05) is 12.0 Å². The van der Waals surface area contributed by atoms with Gasteiger partial charge < -0.3 is 9.64 Å². The molecule has 3 aliphatic rings. The van der Waals surface area contributed by atoms with Crippen LogP contribution in [0.3, 0.4) is 0 Å². The van der Waals surface area contributed by atoms with Crippen molar-refractivity contribution in [2.75, 3.05) is 26.2 Å². The Kier molecular flexibility index (Phi) is 1.96. The number of nitrogens with zero attached hydrogens (tertiary/aromatic N) is 2. The number of fused-ring (bicyclic) bond motifs is 2. The SMILES string of the molecule is c1nc2c(s1)[C@@H](CN1CCC1)OCC21CC1. The Labute approximate surface area is 99.4 Å². The van der Waals surface area contributed by atoms with E-state index in [1.54, 1.807) is 11.3 Å². The fraction of sp³-hybridized carbons (Fsp3) is 0.750. The molecule has 0 aromatic carbocycles. The second-order valence-corrected chi connectivity index (χ2v) is 6.19. The molecule has 2 aliphatic heterocycles. The zero-order valence-electron chi connectivity index (χ0n) is 9.32. The number of ether oxygens (including phenoxy) is 1. The van der Waals surface area contributed by atoms with E-state index in [0.29, 0.717) is 11.5 Å². The summed E-state index contributed by atoms with van der Waals surface area (Å²) in [6, 6.07) is 0. The zero-order valence-corrected chi connectivity index (χ0v) is 10.1. The molecule has 1 saturated heterocycles. The Hall–Kier alpha value is -0.450. The molecule has 2 fully saturated rings. The molecule has 16 heavy (non-hydrogen) atoms. The molecule has 0 amide bonds.